The standard InChI is InChI=1S/C11H17N3O/c1-4-11(15)14-10-6-9(8(3)12)5-7(2)13-10/h5-6,8H,4,12H2,1-3H3,(H,13,14,15). The summed E-state index contributed by atoms with van der Waals surface area (Å²) in [5.41, 5.74) is 7.61. The average Bonchev–Trinajstić information content (AvgIpc) is 2.16. The molecule has 1 aromatic rings. The lowest BCUT2D eigenvalue weighted by atomic mass is 10.1. The molecule has 0 saturated carbocycles. The summed E-state index contributed by atoms with van der Waals surface area (Å²) in [6.45, 7) is 5.59. The molecule has 82 valence electrons. The number of amides is 1. The van der Waals surface area contributed by atoms with Crippen molar-refractivity contribution in [3.05, 3.63) is 23.4 Å². The summed E-state index contributed by atoms with van der Waals surface area (Å²) in [5.74, 6) is 0.540. The second kappa shape index (κ2) is 4.89. The van der Waals surface area contributed by atoms with E-state index >= 15 is 0 Å². The molecule has 0 aliphatic carbocycles. The summed E-state index contributed by atoms with van der Waals surface area (Å²) in [6, 6.07) is 3.68. The monoisotopic (exact) mass is 207 g/mol. The average molecular weight is 207 g/mol. The molecule has 15 heavy (non-hydrogen) atoms. The molecular weight excluding hydrogens is 190 g/mol. The molecule has 0 aliphatic rings. The minimum absolute atomic E-state index is 0.0382. The molecule has 1 aromatic heterocycles. The Kier molecular flexibility index (Phi) is 3.80. The topological polar surface area (TPSA) is 68.0 Å². The van der Waals surface area contributed by atoms with E-state index in [1.54, 1.807) is 6.92 Å². The Balaban J connectivity index is 2.93. The van der Waals surface area contributed by atoms with Crippen molar-refractivity contribution in [1.82, 2.24) is 4.98 Å². The number of nitrogens with one attached hydrogen (secondary N) is 1. The molecule has 0 aliphatic heterocycles. The second-order valence-corrected chi connectivity index (χ2v) is 3.62. The SMILES string of the molecule is CCC(=O)Nc1cc(C(C)N)cc(C)n1. The lowest BCUT2D eigenvalue weighted by Crippen LogP contribution is -2.13. The van der Waals surface area contributed by atoms with Gasteiger partial charge in [-0.1, -0.05) is 6.92 Å². The smallest absolute Gasteiger partial charge is 0.225 e. The molecule has 1 atom stereocenters. The van der Waals surface area contributed by atoms with Crippen molar-refractivity contribution in [1.29, 1.82) is 0 Å². The van der Waals surface area contributed by atoms with Crippen molar-refractivity contribution in [2.75, 3.05) is 5.32 Å². The molecule has 1 unspecified atom stereocenters. The molecule has 0 spiro atoms. The van der Waals surface area contributed by atoms with E-state index in [2.05, 4.69) is 10.3 Å². The zero-order valence-corrected chi connectivity index (χ0v) is 9.37. The van der Waals surface area contributed by atoms with Gasteiger partial charge in [-0.15, -0.1) is 0 Å². The van der Waals surface area contributed by atoms with E-state index in [0.717, 1.165) is 11.3 Å². The summed E-state index contributed by atoms with van der Waals surface area (Å²) in [4.78, 5) is 15.4. The number of rotatable bonds is 3. The van der Waals surface area contributed by atoms with E-state index in [-0.39, 0.29) is 11.9 Å². The van der Waals surface area contributed by atoms with Gasteiger partial charge in [0.25, 0.3) is 0 Å². The number of hydrogen-bond donors (Lipinski definition) is 2. The normalized spacial score (nSPS) is 12.3. The molecular formula is C11H17N3O. The fraction of sp³-hybridized carbons (Fsp3) is 0.455. The highest BCUT2D eigenvalue weighted by Crippen LogP contribution is 2.15. The van der Waals surface area contributed by atoms with Gasteiger partial charge in [-0.25, -0.2) is 4.98 Å². The van der Waals surface area contributed by atoms with Gasteiger partial charge in [0.1, 0.15) is 5.82 Å². The number of carbonyl (C=O) groups is 1. The molecule has 4 nitrogen and oxygen atoms in total. The Morgan fingerprint density at radius 1 is 1.60 bits per heavy atom. The van der Waals surface area contributed by atoms with Crippen LogP contribution < -0.4 is 11.1 Å². The number of aromatic nitrogens is 1. The number of anilines is 1. The van der Waals surface area contributed by atoms with Crippen molar-refractivity contribution in [2.24, 2.45) is 5.73 Å². The molecule has 0 fully saturated rings. The van der Waals surface area contributed by atoms with Crippen LogP contribution in [-0.2, 0) is 4.79 Å². The van der Waals surface area contributed by atoms with Crippen LogP contribution in [-0.4, -0.2) is 10.9 Å². The lowest BCUT2D eigenvalue weighted by molar-refractivity contribution is -0.115. The largest absolute Gasteiger partial charge is 0.324 e. The van der Waals surface area contributed by atoms with Crippen molar-refractivity contribution in [2.45, 2.75) is 33.2 Å². The van der Waals surface area contributed by atoms with E-state index in [9.17, 15) is 4.79 Å². The number of hydrogen-bond acceptors (Lipinski definition) is 3. The van der Waals surface area contributed by atoms with Crippen LogP contribution in [0, 0.1) is 6.92 Å². The maximum Gasteiger partial charge on any atom is 0.225 e. The molecule has 0 aromatic carbocycles. The van der Waals surface area contributed by atoms with Gasteiger partial charge >= 0.3 is 0 Å². The van der Waals surface area contributed by atoms with E-state index in [4.69, 9.17) is 5.73 Å². The quantitative estimate of drug-likeness (QED) is 0.793. The van der Waals surface area contributed by atoms with Crippen LogP contribution >= 0.6 is 0 Å². The van der Waals surface area contributed by atoms with Crippen LogP contribution in [0.15, 0.2) is 12.1 Å². The van der Waals surface area contributed by atoms with E-state index in [1.807, 2.05) is 26.0 Å². The zero-order chi connectivity index (χ0) is 11.4. The van der Waals surface area contributed by atoms with Crippen LogP contribution in [0.2, 0.25) is 0 Å². The molecule has 0 bridgehead atoms. The van der Waals surface area contributed by atoms with Gasteiger partial charge < -0.3 is 11.1 Å². The number of nitrogens with two attached hydrogens (primary N) is 1. The summed E-state index contributed by atoms with van der Waals surface area (Å²) in [6.07, 6.45) is 0.448. The Labute approximate surface area is 89.9 Å². The van der Waals surface area contributed by atoms with Gasteiger partial charge in [0.05, 0.1) is 0 Å². The predicted molar refractivity (Wildman–Crippen MR) is 60.5 cm³/mol. The fourth-order valence-corrected chi connectivity index (χ4v) is 1.25. The summed E-state index contributed by atoms with van der Waals surface area (Å²) in [7, 11) is 0. The molecule has 1 amide bonds. The number of aryl methyl sites for hydroxylation is 1. The molecule has 3 N–H and O–H groups in total. The van der Waals surface area contributed by atoms with Gasteiger partial charge in [-0.2, -0.15) is 0 Å². The minimum Gasteiger partial charge on any atom is -0.324 e. The number of nitrogens with zero attached hydrogens (tertiary/aromatic N) is 1. The predicted octanol–water partition coefficient (Wildman–Crippen LogP) is 1.76. The fourth-order valence-electron chi connectivity index (χ4n) is 1.25. The number of pyridine rings is 1. The van der Waals surface area contributed by atoms with Gasteiger partial charge in [0.2, 0.25) is 5.91 Å². The van der Waals surface area contributed by atoms with Crippen molar-refractivity contribution >= 4 is 11.7 Å². The highest BCUT2D eigenvalue weighted by molar-refractivity contribution is 5.89. The Bertz CT molecular complexity index is 361. The van der Waals surface area contributed by atoms with Gasteiger partial charge in [0, 0.05) is 18.2 Å². The molecule has 0 radical (unpaired) electrons. The van der Waals surface area contributed by atoms with Crippen molar-refractivity contribution in [3.8, 4) is 0 Å². The first-order valence-electron chi connectivity index (χ1n) is 5.07. The molecule has 0 saturated heterocycles. The minimum atomic E-state index is -0.0519. The van der Waals surface area contributed by atoms with E-state index < -0.39 is 0 Å². The first-order valence-corrected chi connectivity index (χ1v) is 5.07. The second-order valence-electron chi connectivity index (χ2n) is 3.62. The first kappa shape index (κ1) is 11.7. The third-order valence-electron chi connectivity index (χ3n) is 2.09. The van der Waals surface area contributed by atoms with Crippen LogP contribution in [0.1, 0.15) is 37.6 Å². The third kappa shape index (κ3) is 3.32. The van der Waals surface area contributed by atoms with Crippen molar-refractivity contribution < 1.29 is 4.79 Å². The van der Waals surface area contributed by atoms with Crippen LogP contribution in [0.4, 0.5) is 5.82 Å². The Morgan fingerprint density at radius 2 is 2.27 bits per heavy atom. The van der Waals surface area contributed by atoms with Crippen LogP contribution in [0.25, 0.3) is 0 Å². The maximum atomic E-state index is 11.2. The highest BCUT2D eigenvalue weighted by atomic mass is 16.1. The summed E-state index contributed by atoms with van der Waals surface area (Å²) in [5, 5.41) is 2.72. The van der Waals surface area contributed by atoms with E-state index in [1.165, 1.54) is 0 Å². The van der Waals surface area contributed by atoms with Crippen LogP contribution in [0.3, 0.4) is 0 Å². The molecule has 4 heteroatoms. The lowest BCUT2D eigenvalue weighted by Gasteiger charge is -2.10. The molecule has 1 rings (SSSR count). The first-order chi connectivity index (χ1) is 7.02. The Morgan fingerprint density at radius 3 is 2.80 bits per heavy atom. The Hall–Kier alpha value is -1.42. The summed E-state index contributed by atoms with van der Waals surface area (Å²) >= 11 is 0. The van der Waals surface area contributed by atoms with Gasteiger partial charge in [-0.3, -0.25) is 4.79 Å². The number of carbonyl (C=O) groups excluding carboxylic acids is 1. The highest BCUT2D eigenvalue weighted by Gasteiger charge is 2.05. The molecule has 1 heterocycles. The van der Waals surface area contributed by atoms with Crippen molar-refractivity contribution in [3.63, 3.8) is 0 Å². The van der Waals surface area contributed by atoms with Gasteiger partial charge in [0.15, 0.2) is 0 Å². The maximum absolute atomic E-state index is 11.2. The zero-order valence-electron chi connectivity index (χ0n) is 9.37. The summed E-state index contributed by atoms with van der Waals surface area (Å²) < 4.78 is 0. The van der Waals surface area contributed by atoms with Gasteiger partial charge in [-0.05, 0) is 31.5 Å². The van der Waals surface area contributed by atoms with Crippen LogP contribution in [0.5, 0.6) is 0 Å². The van der Waals surface area contributed by atoms with E-state index in [0.29, 0.717) is 12.2 Å². The third-order valence-corrected chi connectivity index (χ3v) is 2.09.